The highest BCUT2D eigenvalue weighted by Gasteiger charge is 2.27. The van der Waals surface area contributed by atoms with Crippen LogP contribution in [0.2, 0.25) is 0 Å². The van der Waals surface area contributed by atoms with Crippen LogP contribution in [0.1, 0.15) is 93.0 Å². The minimum Gasteiger partial charge on any atom is -0.493 e. The third kappa shape index (κ3) is 5.83. The highest BCUT2D eigenvalue weighted by Crippen LogP contribution is 2.38. The molecule has 1 aromatic carbocycles. The molecule has 0 amide bonds. The molecule has 3 rings (SSSR count). The van der Waals surface area contributed by atoms with E-state index >= 15 is 0 Å². The third-order valence-electron chi connectivity index (χ3n) is 7.03. The lowest BCUT2D eigenvalue weighted by molar-refractivity contribution is -0.146. The van der Waals surface area contributed by atoms with Crippen molar-refractivity contribution in [3.05, 3.63) is 29.3 Å². The van der Waals surface area contributed by atoms with Gasteiger partial charge in [0.1, 0.15) is 5.75 Å². The number of hydrogen-bond donors (Lipinski definition) is 0. The van der Waals surface area contributed by atoms with Gasteiger partial charge in [0, 0.05) is 0 Å². The summed E-state index contributed by atoms with van der Waals surface area (Å²) in [6, 6.07) is 6.18. The second kappa shape index (κ2) is 10.8. The zero-order valence-corrected chi connectivity index (χ0v) is 18.0. The van der Waals surface area contributed by atoms with Crippen molar-refractivity contribution in [2.24, 2.45) is 17.8 Å². The van der Waals surface area contributed by atoms with E-state index in [9.17, 15) is 9.59 Å². The second-order valence-electron chi connectivity index (χ2n) is 8.97. The predicted molar refractivity (Wildman–Crippen MR) is 114 cm³/mol. The molecule has 0 atom stereocenters. The lowest BCUT2D eigenvalue weighted by Gasteiger charge is -2.29. The smallest absolute Gasteiger partial charge is 0.308 e. The maximum atomic E-state index is 11.7. The Balaban J connectivity index is 1.52. The van der Waals surface area contributed by atoms with E-state index in [4.69, 9.17) is 9.47 Å². The van der Waals surface area contributed by atoms with Gasteiger partial charge in [-0.3, -0.25) is 9.59 Å². The highest BCUT2D eigenvalue weighted by molar-refractivity contribution is 5.79. The SMILES string of the molecule is CCCC1CCC(c2ccc(OCC3CCC(C(=O)OC)CC3)c(C=O)c2)CC1. The highest BCUT2D eigenvalue weighted by atomic mass is 16.5. The maximum absolute atomic E-state index is 11.7. The fourth-order valence-electron chi connectivity index (χ4n) is 5.18. The third-order valence-corrected chi connectivity index (χ3v) is 7.03. The molecule has 0 bridgehead atoms. The summed E-state index contributed by atoms with van der Waals surface area (Å²) in [6.45, 7) is 2.88. The van der Waals surface area contributed by atoms with Gasteiger partial charge in [0.15, 0.2) is 6.29 Å². The molecule has 0 aromatic heterocycles. The first-order valence-electron chi connectivity index (χ1n) is 11.4. The summed E-state index contributed by atoms with van der Waals surface area (Å²) in [5.74, 6) is 2.53. The van der Waals surface area contributed by atoms with Gasteiger partial charge in [-0.25, -0.2) is 0 Å². The van der Waals surface area contributed by atoms with Crippen molar-refractivity contribution in [2.45, 2.75) is 77.0 Å². The summed E-state index contributed by atoms with van der Waals surface area (Å²) < 4.78 is 10.9. The molecule has 4 heteroatoms. The Hall–Kier alpha value is -1.84. The fourth-order valence-corrected chi connectivity index (χ4v) is 5.18. The summed E-state index contributed by atoms with van der Waals surface area (Å²) in [6.07, 6.45) is 12.3. The van der Waals surface area contributed by atoms with Gasteiger partial charge in [0.2, 0.25) is 0 Å². The number of ether oxygens (including phenoxy) is 2. The van der Waals surface area contributed by atoms with E-state index in [1.54, 1.807) is 0 Å². The first-order valence-corrected chi connectivity index (χ1v) is 11.4. The molecule has 2 aliphatic carbocycles. The van der Waals surface area contributed by atoms with Crippen LogP contribution in [0.25, 0.3) is 0 Å². The number of esters is 1. The van der Waals surface area contributed by atoms with Crippen molar-refractivity contribution < 1.29 is 19.1 Å². The minimum atomic E-state index is -0.0908. The average molecular weight is 401 g/mol. The average Bonchev–Trinajstić information content (AvgIpc) is 2.78. The second-order valence-corrected chi connectivity index (χ2v) is 8.97. The number of methoxy groups -OCH3 is 1. The standard InChI is InChI=1S/C25H36O4/c1-3-4-18-5-9-20(10-6-18)22-13-14-24(23(15-22)16-26)29-17-19-7-11-21(12-8-19)25(27)28-2/h13-16,18-21H,3-12,17H2,1-2H3. The first-order chi connectivity index (χ1) is 14.1. The lowest BCUT2D eigenvalue weighted by atomic mass is 9.77. The predicted octanol–water partition coefficient (Wildman–Crippen LogP) is 5.93. The van der Waals surface area contributed by atoms with E-state index in [1.807, 2.05) is 12.1 Å². The molecule has 29 heavy (non-hydrogen) atoms. The van der Waals surface area contributed by atoms with Crippen molar-refractivity contribution in [2.75, 3.05) is 13.7 Å². The summed E-state index contributed by atoms with van der Waals surface area (Å²) in [4.78, 5) is 23.3. The molecular formula is C25H36O4. The zero-order valence-electron chi connectivity index (χ0n) is 18.0. The Morgan fingerprint density at radius 3 is 2.34 bits per heavy atom. The van der Waals surface area contributed by atoms with Gasteiger partial charge in [-0.15, -0.1) is 0 Å². The Labute approximate surface area is 175 Å². The largest absolute Gasteiger partial charge is 0.493 e. The molecule has 0 heterocycles. The summed E-state index contributed by atoms with van der Waals surface area (Å²) in [5, 5.41) is 0. The Morgan fingerprint density at radius 2 is 1.72 bits per heavy atom. The Bertz CT molecular complexity index is 667. The van der Waals surface area contributed by atoms with Crippen LogP contribution in [-0.2, 0) is 9.53 Å². The molecule has 0 saturated heterocycles. The van der Waals surface area contributed by atoms with Crippen molar-refractivity contribution >= 4 is 12.3 Å². The maximum Gasteiger partial charge on any atom is 0.308 e. The van der Waals surface area contributed by atoms with E-state index < -0.39 is 0 Å². The van der Waals surface area contributed by atoms with E-state index in [0.717, 1.165) is 37.9 Å². The topological polar surface area (TPSA) is 52.6 Å². The molecule has 0 spiro atoms. The quantitative estimate of drug-likeness (QED) is 0.401. The van der Waals surface area contributed by atoms with Crippen molar-refractivity contribution in [3.63, 3.8) is 0 Å². The van der Waals surface area contributed by atoms with Gasteiger partial charge in [0.05, 0.1) is 25.2 Å². The lowest BCUT2D eigenvalue weighted by Crippen LogP contribution is -2.25. The van der Waals surface area contributed by atoms with Crippen LogP contribution in [0.3, 0.4) is 0 Å². The summed E-state index contributed by atoms with van der Waals surface area (Å²) in [5.41, 5.74) is 1.95. The first kappa shape index (κ1) is 21.9. The molecule has 4 nitrogen and oxygen atoms in total. The van der Waals surface area contributed by atoms with E-state index in [0.29, 0.717) is 29.8 Å². The van der Waals surface area contributed by atoms with Crippen LogP contribution in [-0.4, -0.2) is 26.0 Å². The Kier molecular flexibility index (Phi) is 8.14. The van der Waals surface area contributed by atoms with Crippen molar-refractivity contribution in [1.82, 2.24) is 0 Å². The summed E-state index contributed by atoms with van der Waals surface area (Å²) in [7, 11) is 1.46. The molecule has 2 aliphatic rings. The normalized spacial score (nSPS) is 27.2. The van der Waals surface area contributed by atoms with E-state index in [-0.39, 0.29) is 11.9 Å². The number of carbonyl (C=O) groups is 2. The van der Waals surface area contributed by atoms with Crippen LogP contribution in [0, 0.1) is 17.8 Å². The molecule has 0 radical (unpaired) electrons. The van der Waals surface area contributed by atoms with Crippen molar-refractivity contribution in [3.8, 4) is 5.75 Å². The van der Waals surface area contributed by atoms with Crippen LogP contribution in [0.15, 0.2) is 18.2 Å². The van der Waals surface area contributed by atoms with Gasteiger partial charge in [-0.2, -0.15) is 0 Å². The Morgan fingerprint density at radius 1 is 1.03 bits per heavy atom. The van der Waals surface area contributed by atoms with Gasteiger partial charge in [0.25, 0.3) is 0 Å². The molecule has 1 aromatic rings. The van der Waals surface area contributed by atoms with Crippen LogP contribution in [0.4, 0.5) is 0 Å². The number of rotatable bonds is 8. The monoisotopic (exact) mass is 400 g/mol. The fraction of sp³-hybridized carbons (Fsp3) is 0.680. The van der Waals surface area contributed by atoms with Gasteiger partial charge in [-0.1, -0.05) is 25.8 Å². The van der Waals surface area contributed by atoms with Crippen LogP contribution in [0.5, 0.6) is 5.75 Å². The van der Waals surface area contributed by atoms with E-state index in [1.165, 1.54) is 51.2 Å². The van der Waals surface area contributed by atoms with Gasteiger partial charge in [-0.05, 0) is 86.8 Å². The minimum absolute atomic E-state index is 0.0356. The van der Waals surface area contributed by atoms with Crippen molar-refractivity contribution in [1.29, 1.82) is 0 Å². The molecule has 0 aliphatic heterocycles. The van der Waals surface area contributed by atoms with Gasteiger partial charge < -0.3 is 9.47 Å². The van der Waals surface area contributed by atoms with Crippen LogP contribution >= 0.6 is 0 Å². The zero-order chi connectivity index (χ0) is 20.6. The van der Waals surface area contributed by atoms with Gasteiger partial charge >= 0.3 is 5.97 Å². The summed E-state index contributed by atoms with van der Waals surface area (Å²) >= 11 is 0. The number of benzene rings is 1. The molecule has 2 saturated carbocycles. The molecule has 0 unspecified atom stereocenters. The number of aldehydes is 1. The van der Waals surface area contributed by atoms with E-state index in [2.05, 4.69) is 13.0 Å². The number of carbonyl (C=O) groups excluding carboxylic acids is 2. The van der Waals surface area contributed by atoms with Crippen LogP contribution < -0.4 is 4.74 Å². The molecule has 2 fully saturated rings. The number of hydrogen-bond acceptors (Lipinski definition) is 4. The molecule has 0 N–H and O–H groups in total. The molecule has 160 valence electrons. The molecular weight excluding hydrogens is 364 g/mol.